The van der Waals surface area contributed by atoms with Gasteiger partial charge in [0.2, 0.25) is 0 Å². The van der Waals surface area contributed by atoms with Crippen LogP contribution in [0.15, 0.2) is 0 Å². The molecule has 2 aliphatic rings. The number of carboxylic acids is 1. The maximum absolute atomic E-state index is 12.0. The Morgan fingerprint density at radius 1 is 1.28 bits per heavy atom. The van der Waals surface area contributed by atoms with Crippen LogP contribution in [-0.4, -0.2) is 54.4 Å². The molecule has 1 unspecified atom stereocenters. The zero-order chi connectivity index (χ0) is 13.0. The molecule has 0 radical (unpaired) electrons. The molecule has 2 rings (SSSR count). The Morgan fingerprint density at radius 3 is 2.78 bits per heavy atom. The minimum Gasteiger partial charge on any atom is -0.481 e. The molecule has 2 amide bonds. The molecule has 0 aromatic rings. The largest absolute Gasteiger partial charge is 0.481 e. The number of carbonyl (C=O) groups excluding carboxylic acids is 1. The SMILES string of the molecule is O=C(O)[C@H]1CCCN(C(=O)NC2CCCOC2)C1. The Bertz CT molecular complexity index is 315. The first-order valence-electron chi connectivity index (χ1n) is 6.53. The van der Waals surface area contributed by atoms with E-state index in [9.17, 15) is 9.59 Å². The topological polar surface area (TPSA) is 78.9 Å². The summed E-state index contributed by atoms with van der Waals surface area (Å²) in [5.74, 6) is -1.24. The van der Waals surface area contributed by atoms with E-state index >= 15 is 0 Å². The van der Waals surface area contributed by atoms with Gasteiger partial charge < -0.3 is 20.1 Å². The number of likely N-dealkylation sites (tertiary alicyclic amines) is 1. The van der Waals surface area contributed by atoms with Crippen molar-refractivity contribution in [3.63, 3.8) is 0 Å². The van der Waals surface area contributed by atoms with Gasteiger partial charge in [-0.3, -0.25) is 4.79 Å². The van der Waals surface area contributed by atoms with Crippen molar-refractivity contribution in [3.05, 3.63) is 0 Å². The van der Waals surface area contributed by atoms with Crippen molar-refractivity contribution >= 4 is 12.0 Å². The molecule has 2 atom stereocenters. The molecular formula is C12H20N2O4. The predicted octanol–water partition coefficient (Wildman–Crippen LogP) is 0.672. The highest BCUT2D eigenvalue weighted by molar-refractivity contribution is 5.76. The lowest BCUT2D eigenvalue weighted by Crippen LogP contribution is -2.51. The summed E-state index contributed by atoms with van der Waals surface area (Å²) in [6.45, 7) is 2.27. The molecule has 6 heteroatoms. The number of nitrogens with zero attached hydrogens (tertiary/aromatic N) is 1. The fourth-order valence-corrected chi connectivity index (χ4v) is 2.48. The molecule has 0 saturated carbocycles. The van der Waals surface area contributed by atoms with Crippen LogP contribution in [0.1, 0.15) is 25.7 Å². The van der Waals surface area contributed by atoms with Crippen LogP contribution in [0.2, 0.25) is 0 Å². The van der Waals surface area contributed by atoms with E-state index in [1.165, 1.54) is 0 Å². The molecule has 2 aliphatic heterocycles. The smallest absolute Gasteiger partial charge is 0.317 e. The third kappa shape index (κ3) is 3.35. The average Bonchev–Trinajstić information content (AvgIpc) is 2.40. The monoisotopic (exact) mass is 256 g/mol. The van der Waals surface area contributed by atoms with E-state index in [0.717, 1.165) is 25.9 Å². The molecule has 6 nitrogen and oxygen atoms in total. The number of hydrogen-bond acceptors (Lipinski definition) is 3. The molecule has 0 aromatic carbocycles. The zero-order valence-corrected chi connectivity index (χ0v) is 10.4. The Kier molecular flexibility index (Phi) is 4.41. The van der Waals surface area contributed by atoms with Gasteiger partial charge in [-0.15, -0.1) is 0 Å². The number of aliphatic carboxylic acids is 1. The minimum atomic E-state index is -0.812. The van der Waals surface area contributed by atoms with E-state index < -0.39 is 11.9 Å². The van der Waals surface area contributed by atoms with Gasteiger partial charge in [0, 0.05) is 19.7 Å². The average molecular weight is 256 g/mol. The Hall–Kier alpha value is -1.30. The molecule has 0 bridgehead atoms. The molecule has 102 valence electrons. The maximum Gasteiger partial charge on any atom is 0.317 e. The third-order valence-corrected chi connectivity index (χ3v) is 3.55. The van der Waals surface area contributed by atoms with Crippen LogP contribution in [0.4, 0.5) is 4.79 Å². The van der Waals surface area contributed by atoms with Crippen molar-refractivity contribution in [3.8, 4) is 0 Å². The number of rotatable bonds is 2. The van der Waals surface area contributed by atoms with Gasteiger partial charge in [-0.2, -0.15) is 0 Å². The number of nitrogens with one attached hydrogen (secondary N) is 1. The first kappa shape index (κ1) is 13.1. The van der Waals surface area contributed by atoms with Crippen molar-refractivity contribution in [2.24, 2.45) is 5.92 Å². The lowest BCUT2D eigenvalue weighted by atomic mass is 9.98. The van der Waals surface area contributed by atoms with Crippen LogP contribution in [0.5, 0.6) is 0 Å². The number of ether oxygens (including phenoxy) is 1. The van der Waals surface area contributed by atoms with E-state index in [4.69, 9.17) is 9.84 Å². The number of amides is 2. The predicted molar refractivity (Wildman–Crippen MR) is 64.3 cm³/mol. The first-order valence-corrected chi connectivity index (χ1v) is 6.53. The van der Waals surface area contributed by atoms with Crippen LogP contribution in [0.25, 0.3) is 0 Å². The number of carboxylic acid groups (broad SMARTS) is 1. The van der Waals surface area contributed by atoms with E-state index in [0.29, 0.717) is 26.1 Å². The van der Waals surface area contributed by atoms with E-state index in [1.54, 1.807) is 4.90 Å². The van der Waals surface area contributed by atoms with Crippen LogP contribution in [0, 0.1) is 5.92 Å². The van der Waals surface area contributed by atoms with Crippen molar-refractivity contribution in [1.29, 1.82) is 0 Å². The highest BCUT2D eigenvalue weighted by Crippen LogP contribution is 2.17. The van der Waals surface area contributed by atoms with E-state index in [2.05, 4.69) is 5.32 Å². The fourth-order valence-electron chi connectivity index (χ4n) is 2.48. The van der Waals surface area contributed by atoms with Crippen molar-refractivity contribution in [2.45, 2.75) is 31.7 Å². The van der Waals surface area contributed by atoms with Gasteiger partial charge in [-0.25, -0.2) is 4.79 Å². The van der Waals surface area contributed by atoms with Gasteiger partial charge in [-0.05, 0) is 25.7 Å². The Morgan fingerprint density at radius 2 is 2.11 bits per heavy atom. The van der Waals surface area contributed by atoms with Crippen molar-refractivity contribution < 1.29 is 19.4 Å². The summed E-state index contributed by atoms with van der Waals surface area (Å²) in [6.07, 6.45) is 3.31. The van der Waals surface area contributed by atoms with Gasteiger partial charge in [0.25, 0.3) is 0 Å². The van der Waals surface area contributed by atoms with Gasteiger partial charge >= 0.3 is 12.0 Å². The second-order valence-corrected chi connectivity index (χ2v) is 4.99. The summed E-state index contributed by atoms with van der Waals surface area (Å²) in [5, 5.41) is 11.9. The molecule has 0 aliphatic carbocycles. The Labute approximate surface area is 106 Å². The minimum absolute atomic E-state index is 0.0662. The summed E-state index contributed by atoms with van der Waals surface area (Å²) in [6, 6.07) is -0.0899. The number of carbonyl (C=O) groups is 2. The van der Waals surface area contributed by atoms with Crippen LogP contribution in [0.3, 0.4) is 0 Å². The standard InChI is InChI=1S/C12H20N2O4/c15-11(16)9-3-1-5-14(7-9)12(17)13-10-4-2-6-18-8-10/h9-10H,1-8H2,(H,13,17)(H,15,16)/t9-,10?/m0/s1. The number of urea groups is 1. The van der Waals surface area contributed by atoms with Crippen LogP contribution < -0.4 is 5.32 Å². The van der Waals surface area contributed by atoms with E-state index in [-0.39, 0.29) is 12.1 Å². The normalized spacial score (nSPS) is 28.8. The van der Waals surface area contributed by atoms with Gasteiger partial charge in [0.05, 0.1) is 18.6 Å². The molecule has 18 heavy (non-hydrogen) atoms. The highest BCUT2D eigenvalue weighted by atomic mass is 16.5. The summed E-state index contributed by atoms with van der Waals surface area (Å²) in [5.41, 5.74) is 0. The lowest BCUT2D eigenvalue weighted by Gasteiger charge is -2.33. The molecule has 2 N–H and O–H groups in total. The molecule has 0 aromatic heterocycles. The quantitative estimate of drug-likeness (QED) is 0.761. The molecule has 2 saturated heterocycles. The van der Waals surface area contributed by atoms with Gasteiger partial charge in [0.15, 0.2) is 0 Å². The van der Waals surface area contributed by atoms with Crippen molar-refractivity contribution in [1.82, 2.24) is 10.2 Å². The number of hydrogen-bond donors (Lipinski definition) is 2. The molecular weight excluding hydrogens is 236 g/mol. The molecule has 2 heterocycles. The van der Waals surface area contributed by atoms with Gasteiger partial charge in [0.1, 0.15) is 0 Å². The summed E-state index contributed by atoms with van der Waals surface area (Å²) in [4.78, 5) is 24.5. The maximum atomic E-state index is 12.0. The van der Waals surface area contributed by atoms with Crippen molar-refractivity contribution in [2.75, 3.05) is 26.3 Å². The second-order valence-electron chi connectivity index (χ2n) is 4.99. The van der Waals surface area contributed by atoms with Crippen LogP contribution >= 0.6 is 0 Å². The third-order valence-electron chi connectivity index (χ3n) is 3.55. The summed E-state index contributed by atoms with van der Waals surface area (Å²) < 4.78 is 5.30. The molecule has 2 fully saturated rings. The molecule has 0 spiro atoms. The van der Waals surface area contributed by atoms with Crippen LogP contribution in [-0.2, 0) is 9.53 Å². The fraction of sp³-hybridized carbons (Fsp3) is 0.833. The lowest BCUT2D eigenvalue weighted by molar-refractivity contribution is -0.143. The summed E-state index contributed by atoms with van der Waals surface area (Å²) in [7, 11) is 0. The van der Waals surface area contributed by atoms with E-state index in [1.807, 2.05) is 0 Å². The first-order chi connectivity index (χ1) is 8.66. The van der Waals surface area contributed by atoms with Gasteiger partial charge in [-0.1, -0.05) is 0 Å². The number of piperidine rings is 1. The zero-order valence-electron chi connectivity index (χ0n) is 10.4. The highest BCUT2D eigenvalue weighted by Gasteiger charge is 2.29. The summed E-state index contributed by atoms with van der Waals surface area (Å²) >= 11 is 0. The second kappa shape index (κ2) is 6.04. The Balaban J connectivity index is 1.82.